The Morgan fingerprint density at radius 1 is 1.33 bits per heavy atom. The summed E-state index contributed by atoms with van der Waals surface area (Å²) < 4.78 is 5.65. The molecule has 0 amide bonds. The Hall–Kier alpha value is -1.13. The van der Waals surface area contributed by atoms with Crippen molar-refractivity contribution in [3.63, 3.8) is 0 Å². The summed E-state index contributed by atoms with van der Waals surface area (Å²) in [7, 11) is 0. The minimum absolute atomic E-state index is 0.346. The zero-order valence-corrected chi connectivity index (χ0v) is 9.84. The number of para-hydroxylation sites is 1. The Labute approximate surface area is 96.4 Å². The number of rotatable bonds is 3. The number of hydrogen-bond acceptors (Lipinski definition) is 1. The summed E-state index contributed by atoms with van der Waals surface area (Å²) in [4.78, 5) is 0. The van der Waals surface area contributed by atoms with Crippen molar-refractivity contribution in [2.45, 2.75) is 13.8 Å². The lowest BCUT2D eigenvalue weighted by atomic mass is 10.2. The average molecular weight is 223 g/mol. The lowest BCUT2D eigenvalue weighted by Gasteiger charge is -2.09. The van der Waals surface area contributed by atoms with Crippen LogP contribution in [0.4, 0.5) is 0 Å². The largest absolute Gasteiger partial charge is 0.492 e. The minimum atomic E-state index is 0.346. The van der Waals surface area contributed by atoms with Gasteiger partial charge in [0, 0.05) is 0 Å². The zero-order chi connectivity index (χ0) is 11.1. The zero-order valence-electron chi connectivity index (χ0n) is 9.09. The number of alkyl halides is 1. The van der Waals surface area contributed by atoms with E-state index in [-0.39, 0.29) is 0 Å². The van der Waals surface area contributed by atoms with Crippen LogP contribution >= 0.6 is 11.6 Å². The van der Waals surface area contributed by atoms with Gasteiger partial charge in [0.1, 0.15) is 5.75 Å². The number of hydrogen-bond donors (Lipinski definition) is 0. The molecule has 0 saturated heterocycles. The molecule has 0 heterocycles. The monoisotopic (exact) mass is 222 g/mol. The molecular formula is C13H15ClO. The summed E-state index contributed by atoms with van der Waals surface area (Å²) >= 11 is 5.52. The van der Waals surface area contributed by atoms with Gasteiger partial charge in [-0.1, -0.05) is 37.8 Å². The molecule has 0 unspecified atom stereocenters. The molecule has 0 aliphatic heterocycles. The molecule has 1 rings (SSSR count). The summed E-state index contributed by atoms with van der Waals surface area (Å²) in [6.45, 7) is 4.94. The van der Waals surface area contributed by atoms with Crippen molar-refractivity contribution in [1.82, 2.24) is 0 Å². The van der Waals surface area contributed by atoms with E-state index in [1.807, 2.05) is 24.3 Å². The van der Waals surface area contributed by atoms with Crippen LogP contribution in [0.25, 0.3) is 0 Å². The molecule has 0 saturated carbocycles. The van der Waals surface area contributed by atoms with Gasteiger partial charge in [0.2, 0.25) is 0 Å². The van der Waals surface area contributed by atoms with Crippen LogP contribution in [0.15, 0.2) is 24.3 Å². The van der Waals surface area contributed by atoms with Gasteiger partial charge < -0.3 is 4.74 Å². The average Bonchev–Trinajstić information content (AvgIpc) is 2.24. The maximum Gasteiger partial charge on any atom is 0.134 e. The van der Waals surface area contributed by atoms with Crippen molar-refractivity contribution < 1.29 is 4.74 Å². The van der Waals surface area contributed by atoms with Gasteiger partial charge in [-0.2, -0.15) is 0 Å². The van der Waals surface area contributed by atoms with Crippen molar-refractivity contribution in [2.24, 2.45) is 5.92 Å². The topological polar surface area (TPSA) is 9.23 Å². The summed E-state index contributed by atoms with van der Waals surface area (Å²) in [6, 6.07) is 7.76. The highest BCUT2D eigenvalue weighted by molar-refractivity contribution is 6.19. The maximum atomic E-state index is 5.65. The van der Waals surface area contributed by atoms with Crippen LogP contribution in [0.1, 0.15) is 19.4 Å². The minimum Gasteiger partial charge on any atom is -0.492 e. The Morgan fingerprint density at radius 2 is 2.07 bits per heavy atom. The molecule has 2 heteroatoms. The van der Waals surface area contributed by atoms with Crippen LogP contribution in [0.5, 0.6) is 5.75 Å². The van der Waals surface area contributed by atoms with Gasteiger partial charge in [-0.05, 0) is 18.1 Å². The highest BCUT2D eigenvalue weighted by atomic mass is 35.5. The Morgan fingerprint density at radius 3 is 2.73 bits per heavy atom. The van der Waals surface area contributed by atoms with Crippen molar-refractivity contribution >= 4 is 11.6 Å². The Kier molecular flexibility index (Phi) is 5.07. The van der Waals surface area contributed by atoms with Gasteiger partial charge in [0.25, 0.3) is 0 Å². The van der Waals surface area contributed by atoms with Crippen LogP contribution in [0.2, 0.25) is 0 Å². The molecule has 80 valence electrons. The summed E-state index contributed by atoms with van der Waals surface area (Å²) in [5.74, 6) is 7.50. The quantitative estimate of drug-likeness (QED) is 0.563. The summed E-state index contributed by atoms with van der Waals surface area (Å²) in [6.07, 6.45) is 0. The van der Waals surface area contributed by atoms with E-state index in [1.54, 1.807) is 0 Å². The highest BCUT2D eigenvalue weighted by Gasteiger charge is 2.01. The molecule has 1 nitrogen and oxygen atoms in total. The number of ether oxygens (including phenoxy) is 1. The smallest absolute Gasteiger partial charge is 0.134 e. The molecular weight excluding hydrogens is 208 g/mol. The van der Waals surface area contributed by atoms with Crippen LogP contribution in [0.3, 0.4) is 0 Å². The molecule has 0 radical (unpaired) electrons. The molecule has 15 heavy (non-hydrogen) atoms. The lowest BCUT2D eigenvalue weighted by Crippen LogP contribution is -2.05. The van der Waals surface area contributed by atoms with E-state index >= 15 is 0 Å². The van der Waals surface area contributed by atoms with Crippen LogP contribution in [-0.4, -0.2) is 12.5 Å². The van der Waals surface area contributed by atoms with Gasteiger partial charge in [-0.15, -0.1) is 11.6 Å². The van der Waals surface area contributed by atoms with E-state index in [2.05, 4.69) is 25.7 Å². The first-order chi connectivity index (χ1) is 7.24. The fraction of sp³-hybridized carbons (Fsp3) is 0.385. The molecule has 0 spiro atoms. The number of halogens is 1. The van der Waals surface area contributed by atoms with Crippen molar-refractivity contribution in [2.75, 3.05) is 12.5 Å². The maximum absolute atomic E-state index is 5.65. The van der Waals surface area contributed by atoms with Gasteiger partial charge in [0.15, 0.2) is 0 Å². The lowest BCUT2D eigenvalue weighted by molar-refractivity contribution is 0.270. The molecule has 0 aliphatic rings. The van der Waals surface area contributed by atoms with Gasteiger partial charge in [-0.3, -0.25) is 0 Å². The fourth-order valence-corrected chi connectivity index (χ4v) is 1.15. The second-order valence-electron chi connectivity index (χ2n) is 3.64. The predicted octanol–water partition coefficient (Wildman–Crippen LogP) is 3.31. The molecule has 0 atom stereocenters. The third-order valence-corrected chi connectivity index (χ3v) is 1.88. The fourth-order valence-electron chi connectivity index (χ4n) is 1.08. The van der Waals surface area contributed by atoms with Crippen LogP contribution in [0, 0.1) is 17.8 Å². The molecule has 0 aromatic heterocycles. The van der Waals surface area contributed by atoms with Gasteiger partial charge in [0.05, 0.1) is 18.1 Å². The molecule has 0 bridgehead atoms. The highest BCUT2D eigenvalue weighted by Crippen LogP contribution is 2.17. The summed E-state index contributed by atoms with van der Waals surface area (Å²) in [5, 5.41) is 0. The molecule has 0 aliphatic carbocycles. The normalized spacial score (nSPS) is 9.60. The van der Waals surface area contributed by atoms with E-state index in [9.17, 15) is 0 Å². The van der Waals surface area contributed by atoms with Crippen molar-refractivity contribution in [1.29, 1.82) is 0 Å². The van der Waals surface area contributed by atoms with Gasteiger partial charge >= 0.3 is 0 Å². The third-order valence-electron chi connectivity index (χ3n) is 1.75. The van der Waals surface area contributed by atoms with Crippen molar-refractivity contribution in [3.8, 4) is 17.6 Å². The Balaban J connectivity index is 2.77. The first-order valence-corrected chi connectivity index (χ1v) is 5.54. The summed E-state index contributed by atoms with van der Waals surface area (Å²) in [5.41, 5.74) is 0.902. The second kappa shape index (κ2) is 6.37. The van der Waals surface area contributed by atoms with Crippen LogP contribution < -0.4 is 4.74 Å². The third kappa shape index (κ3) is 4.27. The van der Waals surface area contributed by atoms with E-state index in [0.29, 0.717) is 18.4 Å². The van der Waals surface area contributed by atoms with E-state index < -0.39 is 0 Å². The predicted molar refractivity (Wildman–Crippen MR) is 64.4 cm³/mol. The Bertz CT molecular complexity index is 360. The van der Waals surface area contributed by atoms with E-state index in [1.165, 1.54) is 0 Å². The van der Waals surface area contributed by atoms with E-state index in [0.717, 1.165) is 11.3 Å². The van der Waals surface area contributed by atoms with Gasteiger partial charge in [-0.25, -0.2) is 0 Å². The second-order valence-corrected chi connectivity index (χ2v) is 3.90. The SMILES string of the molecule is CC(C)COc1ccccc1C#CCCl. The first-order valence-electron chi connectivity index (χ1n) is 5.00. The van der Waals surface area contributed by atoms with Crippen molar-refractivity contribution in [3.05, 3.63) is 29.8 Å². The molecule has 1 aromatic rings. The van der Waals surface area contributed by atoms with E-state index in [4.69, 9.17) is 16.3 Å². The standard InChI is InChI=1S/C13H15ClO/c1-11(2)10-15-13-8-4-3-6-12(13)7-5-9-14/h3-4,6,8,11H,9-10H2,1-2H3. The van der Waals surface area contributed by atoms with Crippen LogP contribution in [-0.2, 0) is 0 Å². The molecule has 0 N–H and O–H groups in total. The molecule has 1 aromatic carbocycles. The molecule has 0 fully saturated rings. The first kappa shape index (κ1) is 11.9. The number of benzene rings is 1.